The van der Waals surface area contributed by atoms with E-state index in [1.807, 2.05) is 0 Å². The smallest absolute Gasteiger partial charge is 0.335 e. The summed E-state index contributed by atoms with van der Waals surface area (Å²) in [5.41, 5.74) is 0.980. The monoisotopic (exact) mass is 192 g/mol. The fourth-order valence-corrected chi connectivity index (χ4v) is 1.18. The summed E-state index contributed by atoms with van der Waals surface area (Å²) >= 11 is 0. The van der Waals surface area contributed by atoms with Gasteiger partial charge >= 0.3 is 5.97 Å². The Morgan fingerprint density at radius 1 is 1.36 bits per heavy atom. The van der Waals surface area contributed by atoms with Gasteiger partial charge in [-0.25, -0.2) is 4.79 Å². The Morgan fingerprint density at radius 3 is 2.29 bits per heavy atom. The number of methoxy groups -OCH3 is 1. The van der Waals surface area contributed by atoms with Crippen LogP contribution < -0.4 is 4.74 Å². The lowest BCUT2D eigenvalue weighted by molar-refractivity contribution is -0.130. The molecule has 1 rings (SSSR count). The molecule has 0 atom stereocenters. The zero-order valence-corrected chi connectivity index (χ0v) is 8.15. The van der Waals surface area contributed by atoms with Crippen LogP contribution in [0, 0.1) is 0 Å². The van der Waals surface area contributed by atoms with Gasteiger partial charge in [-0.05, 0) is 24.6 Å². The number of aliphatic carboxylic acids is 1. The third kappa shape index (κ3) is 2.13. The Bertz CT molecular complexity index is 349. The predicted molar refractivity (Wildman–Crippen MR) is 54.3 cm³/mol. The number of carbonyl (C=O) groups is 1. The molecule has 0 amide bonds. The van der Waals surface area contributed by atoms with Gasteiger partial charge in [-0.1, -0.05) is 18.2 Å². The minimum absolute atomic E-state index is 0.299. The average molecular weight is 192 g/mol. The van der Waals surface area contributed by atoms with Crippen molar-refractivity contribution in [1.29, 1.82) is 0 Å². The number of carboxylic acid groups (broad SMARTS) is 1. The Labute approximate surface area is 82.6 Å². The number of hydrogen-bond donors (Lipinski definition) is 1. The third-order valence-corrected chi connectivity index (χ3v) is 1.92. The first-order valence-corrected chi connectivity index (χ1v) is 4.23. The van der Waals surface area contributed by atoms with Crippen LogP contribution in [-0.4, -0.2) is 18.2 Å². The molecule has 3 nitrogen and oxygen atoms in total. The molecule has 0 fully saturated rings. The van der Waals surface area contributed by atoms with E-state index >= 15 is 0 Å². The van der Waals surface area contributed by atoms with E-state index < -0.39 is 5.97 Å². The molecule has 0 aliphatic rings. The molecule has 0 spiro atoms. The average Bonchev–Trinajstić information content (AvgIpc) is 2.19. The summed E-state index contributed by atoms with van der Waals surface area (Å²) in [5.74, 6) is -0.202. The van der Waals surface area contributed by atoms with Crippen LogP contribution in [-0.2, 0) is 4.79 Å². The second kappa shape index (κ2) is 4.46. The summed E-state index contributed by atoms with van der Waals surface area (Å²) in [6.07, 6.45) is 1.57. The molecule has 0 unspecified atom stereocenters. The van der Waals surface area contributed by atoms with Crippen LogP contribution in [0.25, 0.3) is 5.57 Å². The molecule has 0 aliphatic heterocycles. The summed E-state index contributed by atoms with van der Waals surface area (Å²) in [5, 5.41) is 8.85. The molecule has 1 aromatic carbocycles. The van der Waals surface area contributed by atoms with Crippen LogP contribution >= 0.6 is 0 Å². The molecule has 14 heavy (non-hydrogen) atoms. The largest absolute Gasteiger partial charge is 0.497 e. The van der Waals surface area contributed by atoms with E-state index in [9.17, 15) is 4.79 Å². The molecular formula is C11H12O3. The molecule has 0 heterocycles. The van der Waals surface area contributed by atoms with E-state index in [-0.39, 0.29) is 0 Å². The normalized spacial score (nSPS) is 11.1. The van der Waals surface area contributed by atoms with E-state index in [0.29, 0.717) is 11.1 Å². The highest BCUT2D eigenvalue weighted by molar-refractivity contribution is 6.15. The minimum Gasteiger partial charge on any atom is -0.497 e. The van der Waals surface area contributed by atoms with E-state index in [1.165, 1.54) is 0 Å². The highest BCUT2D eigenvalue weighted by atomic mass is 16.5. The van der Waals surface area contributed by atoms with Crippen molar-refractivity contribution in [1.82, 2.24) is 0 Å². The lowest BCUT2D eigenvalue weighted by atomic mass is 10.1. The Balaban J connectivity index is 3.02. The molecular weight excluding hydrogens is 180 g/mol. The zero-order valence-electron chi connectivity index (χ0n) is 8.15. The van der Waals surface area contributed by atoms with Crippen molar-refractivity contribution in [2.24, 2.45) is 0 Å². The maximum Gasteiger partial charge on any atom is 0.335 e. The first-order chi connectivity index (χ1) is 6.69. The van der Waals surface area contributed by atoms with Crippen molar-refractivity contribution in [3.63, 3.8) is 0 Å². The molecule has 0 radical (unpaired) electrons. The Morgan fingerprint density at radius 2 is 1.93 bits per heavy atom. The SMILES string of the molecule is C/C=C(\C(=O)O)c1ccc(OC)cc1. The summed E-state index contributed by atoms with van der Waals surface area (Å²) in [7, 11) is 1.57. The third-order valence-electron chi connectivity index (χ3n) is 1.92. The maximum absolute atomic E-state index is 10.8. The molecule has 1 aromatic rings. The van der Waals surface area contributed by atoms with Gasteiger partial charge < -0.3 is 9.84 Å². The lowest BCUT2D eigenvalue weighted by Crippen LogP contribution is -1.99. The highest BCUT2D eigenvalue weighted by Gasteiger charge is 2.08. The topological polar surface area (TPSA) is 46.5 Å². The lowest BCUT2D eigenvalue weighted by Gasteiger charge is -2.03. The van der Waals surface area contributed by atoms with Gasteiger partial charge in [-0.2, -0.15) is 0 Å². The van der Waals surface area contributed by atoms with E-state index in [4.69, 9.17) is 9.84 Å². The Hall–Kier alpha value is -1.77. The first-order valence-electron chi connectivity index (χ1n) is 4.23. The summed E-state index contributed by atoms with van der Waals surface area (Å²) < 4.78 is 4.98. The second-order valence-corrected chi connectivity index (χ2v) is 2.74. The number of rotatable bonds is 3. The van der Waals surface area contributed by atoms with Crippen molar-refractivity contribution < 1.29 is 14.6 Å². The van der Waals surface area contributed by atoms with Gasteiger partial charge in [0.05, 0.1) is 12.7 Å². The minimum atomic E-state index is -0.919. The van der Waals surface area contributed by atoms with Gasteiger partial charge in [0.25, 0.3) is 0 Å². The van der Waals surface area contributed by atoms with E-state index in [0.717, 1.165) is 5.75 Å². The fourth-order valence-electron chi connectivity index (χ4n) is 1.18. The fraction of sp³-hybridized carbons (Fsp3) is 0.182. The van der Waals surface area contributed by atoms with Gasteiger partial charge in [0, 0.05) is 0 Å². The van der Waals surface area contributed by atoms with Crippen molar-refractivity contribution >= 4 is 11.5 Å². The van der Waals surface area contributed by atoms with Crippen LogP contribution in [0.15, 0.2) is 30.3 Å². The number of benzene rings is 1. The summed E-state index contributed by atoms with van der Waals surface area (Å²) in [6, 6.07) is 6.92. The molecule has 1 N–H and O–H groups in total. The molecule has 0 saturated carbocycles. The van der Waals surface area contributed by atoms with Crippen LogP contribution in [0.3, 0.4) is 0 Å². The second-order valence-electron chi connectivity index (χ2n) is 2.74. The standard InChI is InChI=1S/C11H12O3/c1-3-10(11(12)13)8-4-6-9(14-2)7-5-8/h3-7H,1-2H3,(H,12,13)/b10-3-. The van der Waals surface area contributed by atoms with E-state index in [1.54, 1.807) is 44.4 Å². The van der Waals surface area contributed by atoms with Crippen molar-refractivity contribution in [2.75, 3.05) is 7.11 Å². The number of allylic oxidation sites excluding steroid dienone is 1. The van der Waals surface area contributed by atoms with Crippen LogP contribution in [0.4, 0.5) is 0 Å². The highest BCUT2D eigenvalue weighted by Crippen LogP contribution is 2.18. The van der Waals surface area contributed by atoms with Gasteiger partial charge in [-0.3, -0.25) is 0 Å². The first kappa shape index (κ1) is 10.3. The predicted octanol–water partition coefficient (Wildman–Crippen LogP) is 2.18. The van der Waals surface area contributed by atoms with Crippen LogP contribution in [0.2, 0.25) is 0 Å². The van der Waals surface area contributed by atoms with Crippen molar-refractivity contribution in [3.8, 4) is 5.75 Å². The van der Waals surface area contributed by atoms with Crippen molar-refractivity contribution in [3.05, 3.63) is 35.9 Å². The zero-order chi connectivity index (χ0) is 10.6. The van der Waals surface area contributed by atoms with Crippen LogP contribution in [0.1, 0.15) is 12.5 Å². The number of carboxylic acids is 1. The molecule has 74 valence electrons. The number of hydrogen-bond acceptors (Lipinski definition) is 2. The van der Waals surface area contributed by atoms with Gasteiger partial charge in [-0.15, -0.1) is 0 Å². The summed E-state index contributed by atoms with van der Waals surface area (Å²) in [4.78, 5) is 10.8. The Kier molecular flexibility index (Phi) is 3.29. The molecule has 0 aromatic heterocycles. The molecule has 0 aliphatic carbocycles. The van der Waals surface area contributed by atoms with E-state index in [2.05, 4.69) is 0 Å². The van der Waals surface area contributed by atoms with Crippen LogP contribution in [0.5, 0.6) is 5.75 Å². The quantitative estimate of drug-likeness (QED) is 0.746. The van der Waals surface area contributed by atoms with Gasteiger partial charge in [0.15, 0.2) is 0 Å². The van der Waals surface area contributed by atoms with Crippen molar-refractivity contribution in [2.45, 2.75) is 6.92 Å². The van der Waals surface area contributed by atoms with Gasteiger partial charge in [0.2, 0.25) is 0 Å². The molecule has 0 saturated heterocycles. The maximum atomic E-state index is 10.8. The molecule has 0 bridgehead atoms. The summed E-state index contributed by atoms with van der Waals surface area (Å²) in [6.45, 7) is 1.70. The van der Waals surface area contributed by atoms with Gasteiger partial charge in [0.1, 0.15) is 5.75 Å². The number of ether oxygens (including phenoxy) is 1. The molecule has 3 heteroatoms.